The monoisotopic (exact) mass is 298 g/mol. The van der Waals surface area contributed by atoms with E-state index in [9.17, 15) is 8.42 Å². The van der Waals surface area contributed by atoms with E-state index >= 15 is 0 Å². The van der Waals surface area contributed by atoms with Crippen molar-refractivity contribution < 1.29 is 12.9 Å². The van der Waals surface area contributed by atoms with Gasteiger partial charge in [-0.1, -0.05) is 24.2 Å². The average molecular weight is 298 g/mol. The van der Waals surface area contributed by atoms with Crippen LogP contribution in [0.3, 0.4) is 0 Å². The molecule has 0 aromatic carbocycles. The summed E-state index contributed by atoms with van der Waals surface area (Å²) in [6.07, 6.45) is 3.05. The fraction of sp³-hybridized carbons (Fsp3) is 0.583. The molecular formula is C12H18N4O3S. The first kappa shape index (κ1) is 14.7. The van der Waals surface area contributed by atoms with Gasteiger partial charge in [-0.2, -0.15) is 0 Å². The van der Waals surface area contributed by atoms with Gasteiger partial charge < -0.3 is 4.52 Å². The van der Waals surface area contributed by atoms with Gasteiger partial charge in [-0.3, -0.25) is 4.68 Å². The molecule has 0 saturated carbocycles. The quantitative estimate of drug-likeness (QED) is 0.803. The number of sulfone groups is 1. The zero-order valence-electron chi connectivity index (χ0n) is 11.8. The maximum Gasteiger partial charge on any atom is 0.160 e. The number of rotatable bonds is 6. The van der Waals surface area contributed by atoms with E-state index in [0.717, 1.165) is 0 Å². The summed E-state index contributed by atoms with van der Waals surface area (Å²) >= 11 is 0. The molecule has 2 heterocycles. The molecule has 0 aliphatic rings. The molecule has 0 saturated heterocycles. The van der Waals surface area contributed by atoms with Gasteiger partial charge in [0.1, 0.15) is 6.26 Å². The second-order valence-electron chi connectivity index (χ2n) is 4.98. The summed E-state index contributed by atoms with van der Waals surface area (Å²) in [7, 11) is -3.32. The highest BCUT2D eigenvalue weighted by atomic mass is 32.2. The van der Waals surface area contributed by atoms with Crippen LogP contribution in [0.15, 0.2) is 17.0 Å². The van der Waals surface area contributed by atoms with Gasteiger partial charge in [0.25, 0.3) is 0 Å². The zero-order chi connectivity index (χ0) is 14.8. The van der Waals surface area contributed by atoms with Gasteiger partial charge in [-0.15, -0.1) is 5.10 Å². The molecular weight excluding hydrogens is 280 g/mol. The molecule has 0 unspecified atom stereocenters. The van der Waals surface area contributed by atoms with E-state index in [4.69, 9.17) is 4.52 Å². The van der Waals surface area contributed by atoms with Gasteiger partial charge in [0, 0.05) is 18.3 Å². The standard InChI is InChI=1S/C12H18N4O3S/c1-4-16-5-11(13-15-16)8-20(17,18)7-10-6-19-14-12(10)9(2)3/h5-6,9H,4,7-8H2,1-3H3. The van der Waals surface area contributed by atoms with E-state index in [1.807, 2.05) is 20.8 Å². The Hall–Kier alpha value is -1.70. The smallest absolute Gasteiger partial charge is 0.160 e. The average Bonchev–Trinajstić information content (AvgIpc) is 2.96. The molecule has 2 aromatic rings. The SMILES string of the molecule is CCn1cc(CS(=O)(=O)Cc2conc2C(C)C)nn1. The van der Waals surface area contributed by atoms with E-state index < -0.39 is 9.84 Å². The van der Waals surface area contributed by atoms with Gasteiger partial charge in [0.05, 0.1) is 22.9 Å². The van der Waals surface area contributed by atoms with Crippen molar-refractivity contribution in [1.29, 1.82) is 0 Å². The lowest BCUT2D eigenvalue weighted by Gasteiger charge is -2.04. The largest absolute Gasteiger partial charge is 0.364 e. The van der Waals surface area contributed by atoms with E-state index in [0.29, 0.717) is 23.5 Å². The fourth-order valence-electron chi connectivity index (χ4n) is 1.92. The van der Waals surface area contributed by atoms with Crippen molar-refractivity contribution in [2.24, 2.45) is 0 Å². The van der Waals surface area contributed by atoms with Crippen LogP contribution in [0, 0.1) is 0 Å². The third-order valence-electron chi connectivity index (χ3n) is 2.88. The molecule has 0 aliphatic heterocycles. The van der Waals surface area contributed by atoms with Crippen LogP contribution in [0.5, 0.6) is 0 Å². The Balaban J connectivity index is 2.13. The van der Waals surface area contributed by atoms with Crippen LogP contribution in [0.25, 0.3) is 0 Å². The maximum atomic E-state index is 12.2. The van der Waals surface area contributed by atoms with E-state index in [2.05, 4.69) is 15.5 Å². The number of hydrogen-bond donors (Lipinski definition) is 0. The molecule has 0 bridgehead atoms. The van der Waals surface area contributed by atoms with Crippen molar-refractivity contribution in [2.75, 3.05) is 0 Å². The summed E-state index contributed by atoms with van der Waals surface area (Å²) < 4.78 is 30.9. The maximum absolute atomic E-state index is 12.2. The Morgan fingerprint density at radius 1 is 1.35 bits per heavy atom. The molecule has 0 N–H and O–H groups in total. The molecule has 8 heteroatoms. The van der Waals surface area contributed by atoms with Crippen LogP contribution in [-0.2, 0) is 27.9 Å². The molecule has 0 atom stereocenters. The number of hydrogen-bond acceptors (Lipinski definition) is 6. The van der Waals surface area contributed by atoms with Crippen LogP contribution in [0.1, 0.15) is 43.6 Å². The Morgan fingerprint density at radius 3 is 2.70 bits per heavy atom. The van der Waals surface area contributed by atoms with E-state index in [1.54, 1.807) is 10.9 Å². The molecule has 0 fully saturated rings. The normalized spacial score (nSPS) is 12.2. The molecule has 2 aromatic heterocycles. The minimum absolute atomic E-state index is 0.0942. The summed E-state index contributed by atoms with van der Waals surface area (Å²) in [4.78, 5) is 0. The first-order valence-electron chi connectivity index (χ1n) is 6.44. The summed E-state index contributed by atoms with van der Waals surface area (Å²) in [5.74, 6) is -0.0986. The summed E-state index contributed by atoms with van der Waals surface area (Å²) in [6.45, 7) is 6.47. The second-order valence-corrected chi connectivity index (χ2v) is 7.04. The van der Waals surface area contributed by atoms with Crippen LogP contribution in [0.2, 0.25) is 0 Å². The lowest BCUT2D eigenvalue weighted by Crippen LogP contribution is -2.09. The molecule has 0 aliphatic carbocycles. The van der Waals surface area contributed by atoms with Crippen LogP contribution < -0.4 is 0 Å². The van der Waals surface area contributed by atoms with Crippen molar-refractivity contribution in [3.05, 3.63) is 29.4 Å². The zero-order valence-corrected chi connectivity index (χ0v) is 12.6. The number of aryl methyl sites for hydroxylation is 1. The molecule has 0 amide bonds. The Labute approximate surface area is 117 Å². The first-order chi connectivity index (χ1) is 9.41. The third-order valence-corrected chi connectivity index (χ3v) is 4.36. The highest BCUT2D eigenvalue weighted by Crippen LogP contribution is 2.20. The van der Waals surface area contributed by atoms with Crippen molar-refractivity contribution in [3.63, 3.8) is 0 Å². The third kappa shape index (κ3) is 3.44. The Kier molecular flexibility index (Phi) is 4.22. The van der Waals surface area contributed by atoms with Crippen LogP contribution >= 0.6 is 0 Å². The van der Waals surface area contributed by atoms with E-state index in [1.165, 1.54) is 6.26 Å². The molecule has 0 radical (unpaired) electrons. The molecule has 0 spiro atoms. The second kappa shape index (κ2) is 5.74. The predicted molar refractivity (Wildman–Crippen MR) is 72.6 cm³/mol. The molecule has 20 heavy (non-hydrogen) atoms. The van der Waals surface area contributed by atoms with Crippen molar-refractivity contribution in [2.45, 2.75) is 44.7 Å². The van der Waals surface area contributed by atoms with Crippen molar-refractivity contribution in [3.8, 4) is 0 Å². The Morgan fingerprint density at radius 2 is 2.10 bits per heavy atom. The molecule has 110 valence electrons. The predicted octanol–water partition coefficient (Wildman–Crippen LogP) is 1.52. The van der Waals surface area contributed by atoms with Gasteiger partial charge in [-0.05, 0) is 12.8 Å². The lowest BCUT2D eigenvalue weighted by atomic mass is 10.1. The summed E-state index contributed by atoms with van der Waals surface area (Å²) in [5.41, 5.74) is 1.75. The van der Waals surface area contributed by atoms with E-state index in [-0.39, 0.29) is 17.4 Å². The first-order valence-corrected chi connectivity index (χ1v) is 8.26. The molecule has 7 nitrogen and oxygen atoms in total. The van der Waals surface area contributed by atoms with Gasteiger partial charge >= 0.3 is 0 Å². The van der Waals surface area contributed by atoms with Gasteiger partial charge in [0.2, 0.25) is 0 Å². The number of aromatic nitrogens is 4. The minimum Gasteiger partial charge on any atom is -0.364 e. The van der Waals surface area contributed by atoms with Crippen LogP contribution in [0.4, 0.5) is 0 Å². The van der Waals surface area contributed by atoms with Gasteiger partial charge in [-0.25, -0.2) is 8.42 Å². The minimum atomic E-state index is -3.32. The highest BCUT2D eigenvalue weighted by Gasteiger charge is 2.20. The molecule has 2 rings (SSSR count). The summed E-state index contributed by atoms with van der Waals surface area (Å²) in [6, 6.07) is 0. The fourth-order valence-corrected chi connectivity index (χ4v) is 3.30. The van der Waals surface area contributed by atoms with Crippen molar-refractivity contribution >= 4 is 9.84 Å². The topological polar surface area (TPSA) is 90.9 Å². The highest BCUT2D eigenvalue weighted by molar-refractivity contribution is 7.89. The summed E-state index contributed by atoms with van der Waals surface area (Å²) in [5, 5.41) is 11.5. The lowest BCUT2D eigenvalue weighted by molar-refractivity contribution is 0.408. The van der Waals surface area contributed by atoms with Crippen molar-refractivity contribution in [1.82, 2.24) is 20.2 Å². The Bertz CT molecular complexity index is 672. The van der Waals surface area contributed by atoms with Gasteiger partial charge in [0.15, 0.2) is 9.84 Å². The number of nitrogens with zero attached hydrogens (tertiary/aromatic N) is 4. The van der Waals surface area contributed by atoms with Crippen LogP contribution in [-0.4, -0.2) is 28.6 Å².